The average Bonchev–Trinajstić information content (AvgIpc) is 2.99. The quantitative estimate of drug-likeness (QED) is 0.653. The Morgan fingerprint density at radius 2 is 2.27 bits per heavy atom. The minimum Gasteiger partial charge on any atom is -0.314 e. The fourth-order valence-corrected chi connectivity index (χ4v) is 1.46. The Balaban J connectivity index is 1.81. The van der Waals surface area contributed by atoms with E-state index in [2.05, 4.69) is 10.3 Å². The van der Waals surface area contributed by atoms with Crippen LogP contribution < -0.4 is 16.6 Å². The van der Waals surface area contributed by atoms with E-state index in [1.165, 1.54) is 29.7 Å². The summed E-state index contributed by atoms with van der Waals surface area (Å²) < 4.78 is 1.52. The van der Waals surface area contributed by atoms with E-state index >= 15 is 0 Å². The highest BCUT2D eigenvalue weighted by molar-refractivity contribution is 4.83. The molecule has 0 unspecified atom stereocenters. The van der Waals surface area contributed by atoms with Crippen LogP contribution in [0.25, 0.3) is 0 Å². The molecule has 1 saturated carbocycles. The summed E-state index contributed by atoms with van der Waals surface area (Å²) in [6.07, 6.45) is 5.00. The maximum atomic E-state index is 11.3. The zero-order valence-electron chi connectivity index (χ0n) is 8.53. The predicted octanol–water partition coefficient (Wildman–Crippen LogP) is -0.321. The lowest BCUT2D eigenvalue weighted by atomic mass is 10.4. The molecular weight excluding hydrogens is 194 g/mol. The zero-order chi connectivity index (χ0) is 10.7. The van der Waals surface area contributed by atoms with Crippen molar-refractivity contribution in [2.45, 2.75) is 31.8 Å². The molecule has 5 nitrogen and oxygen atoms in total. The highest BCUT2D eigenvalue weighted by Gasteiger charge is 2.19. The van der Waals surface area contributed by atoms with Gasteiger partial charge in [0.2, 0.25) is 0 Å². The first-order valence-electron chi connectivity index (χ1n) is 5.29. The van der Waals surface area contributed by atoms with Crippen LogP contribution in [-0.2, 0) is 6.54 Å². The van der Waals surface area contributed by atoms with Crippen LogP contribution in [0.1, 0.15) is 19.3 Å². The molecule has 2 rings (SSSR count). The Labute approximate surface area is 87.1 Å². The number of nitrogens with one attached hydrogen (secondary N) is 2. The number of hydrogen-bond acceptors (Lipinski definition) is 3. The highest BCUT2D eigenvalue weighted by Crippen LogP contribution is 2.18. The molecule has 5 heteroatoms. The second kappa shape index (κ2) is 4.44. The molecule has 1 aromatic rings. The monoisotopic (exact) mass is 209 g/mol. The second-order valence-corrected chi connectivity index (χ2v) is 3.89. The summed E-state index contributed by atoms with van der Waals surface area (Å²) in [6.45, 7) is 1.57. The lowest BCUT2D eigenvalue weighted by molar-refractivity contribution is 0.559. The van der Waals surface area contributed by atoms with Crippen molar-refractivity contribution >= 4 is 0 Å². The van der Waals surface area contributed by atoms with Crippen LogP contribution in [0.5, 0.6) is 0 Å². The Kier molecular flexibility index (Phi) is 3.01. The molecule has 2 N–H and O–H groups in total. The Hall–Kier alpha value is -1.36. The summed E-state index contributed by atoms with van der Waals surface area (Å²) in [7, 11) is 0. The summed E-state index contributed by atoms with van der Waals surface area (Å²) >= 11 is 0. The Bertz CT molecular complexity index is 431. The van der Waals surface area contributed by atoms with Gasteiger partial charge in [0.15, 0.2) is 0 Å². The van der Waals surface area contributed by atoms with Gasteiger partial charge in [-0.2, -0.15) is 0 Å². The molecule has 0 spiro atoms. The maximum absolute atomic E-state index is 11.3. The van der Waals surface area contributed by atoms with Crippen LogP contribution in [0, 0.1) is 0 Å². The number of aryl methyl sites for hydroxylation is 1. The van der Waals surface area contributed by atoms with Gasteiger partial charge in [0.05, 0.1) is 0 Å². The van der Waals surface area contributed by atoms with Gasteiger partial charge in [0.1, 0.15) is 0 Å². The standard InChI is InChI=1S/C10H15N3O2/c14-9-4-7-13(10(15)12-9)6-1-5-11-8-2-3-8/h4,7-8,11H,1-3,5-6H2,(H,12,14,15). The minimum absolute atomic E-state index is 0.325. The molecule has 1 fully saturated rings. The van der Waals surface area contributed by atoms with Crippen LogP contribution in [0.15, 0.2) is 21.9 Å². The molecule has 0 atom stereocenters. The fourth-order valence-electron chi connectivity index (χ4n) is 1.46. The van der Waals surface area contributed by atoms with Gasteiger partial charge in [-0.05, 0) is 25.8 Å². The van der Waals surface area contributed by atoms with E-state index in [1.807, 2.05) is 0 Å². The van der Waals surface area contributed by atoms with E-state index in [4.69, 9.17) is 0 Å². The third-order valence-electron chi connectivity index (χ3n) is 2.48. The summed E-state index contributed by atoms with van der Waals surface area (Å²) in [4.78, 5) is 24.3. The number of rotatable bonds is 5. The van der Waals surface area contributed by atoms with Crippen LogP contribution in [0.3, 0.4) is 0 Å². The second-order valence-electron chi connectivity index (χ2n) is 3.89. The lowest BCUT2D eigenvalue weighted by Gasteiger charge is -2.04. The minimum atomic E-state index is -0.340. The lowest BCUT2D eigenvalue weighted by Crippen LogP contribution is -2.29. The number of aromatic nitrogens is 2. The first-order valence-corrected chi connectivity index (χ1v) is 5.29. The smallest absolute Gasteiger partial charge is 0.314 e. The van der Waals surface area contributed by atoms with Gasteiger partial charge in [-0.1, -0.05) is 0 Å². The van der Waals surface area contributed by atoms with E-state index in [0.29, 0.717) is 12.6 Å². The van der Waals surface area contributed by atoms with Crippen molar-refractivity contribution < 1.29 is 0 Å². The van der Waals surface area contributed by atoms with Crippen LogP contribution in [-0.4, -0.2) is 22.1 Å². The first-order chi connectivity index (χ1) is 7.25. The van der Waals surface area contributed by atoms with E-state index < -0.39 is 0 Å². The third-order valence-corrected chi connectivity index (χ3v) is 2.48. The average molecular weight is 209 g/mol. The number of nitrogens with zero attached hydrogens (tertiary/aromatic N) is 1. The largest absolute Gasteiger partial charge is 0.328 e. The number of H-pyrrole nitrogens is 1. The Morgan fingerprint density at radius 3 is 2.93 bits per heavy atom. The molecule has 1 aliphatic carbocycles. The highest BCUT2D eigenvalue weighted by atomic mass is 16.2. The Morgan fingerprint density at radius 1 is 1.47 bits per heavy atom. The normalized spacial score (nSPS) is 15.5. The molecule has 0 aliphatic heterocycles. The van der Waals surface area contributed by atoms with Crippen LogP contribution in [0.2, 0.25) is 0 Å². The van der Waals surface area contributed by atoms with E-state index in [9.17, 15) is 9.59 Å². The molecule has 1 heterocycles. The SMILES string of the molecule is O=c1ccn(CCCNC2CC2)c(=O)[nH]1. The maximum Gasteiger partial charge on any atom is 0.328 e. The first kappa shape index (κ1) is 10.2. The van der Waals surface area contributed by atoms with Gasteiger partial charge in [0.25, 0.3) is 5.56 Å². The number of hydrogen-bond donors (Lipinski definition) is 2. The van der Waals surface area contributed by atoms with Crippen molar-refractivity contribution in [2.24, 2.45) is 0 Å². The molecule has 0 radical (unpaired) electrons. The van der Waals surface area contributed by atoms with Gasteiger partial charge < -0.3 is 9.88 Å². The van der Waals surface area contributed by atoms with E-state index in [1.54, 1.807) is 0 Å². The summed E-state index contributed by atoms with van der Waals surface area (Å²) in [5.41, 5.74) is -0.665. The van der Waals surface area contributed by atoms with Crippen molar-refractivity contribution in [3.05, 3.63) is 33.1 Å². The van der Waals surface area contributed by atoms with Crippen molar-refractivity contribution in [1.82, 2.24) is 14.9 Å². The van der Waals surface area contributed by atoms with Gasteiger partial charge >= 0.3 is 5.69 Å². The number of aromatic amines is 1. The van der Waals surface area contributed by atoms with Crippen molar-refractivity contribution in [3.63, 3.8) is 0 Å². The summed E-state index contributed by atoms with van der Waals surface area (Å²) in [5, 5.41) is 3.37. The molecule has 0 bridgehead atoms. The topological polar surface area (TPSA) is 66.9 Å². The zero-order valence-corrected chi connectivity index (χ0v) is 8.53. The van der Waals surface area contributed by atoms with Gasteiger partial charge in [-0.3, -0.25) is 9.78 Å². The van der Waals surface area contributed by atoms with Gasteiger partial charge in [-0.25, -0.2) is 4.79 Å². The third kappa shape index (κ3) is 3.06. The fraction of sp³-hybridized carbons (Fsp3) is 0.600. The van der Waals surface area contributed by atoms with E-state index in [-0.39, 0.29) is 11.2 Å². The molecular formula is C10H15N3O2. The summed E-state index contributed by atoms with van der Waals surface area (Å²) in [6, 6.07) is 2.08. The molecule has 1 aliphatic rings. The van der Waals surface area contributed by atoms with Gasteiger partial charge in [0, 0.05) is 24.8 Å². The molecule has 0 amide bonds. The summed E-state index contributed by atoms with van der Waals surface area (Å²) in [5.74, 6) is 0. The van der Waals surface area contributed by atoms with Gasteiger partial charge in [-0.15, -0.1) is 0 Å². The molecule has 0 aromatic carbocycles. The molecule has 0 saturated heterocycles. The van der Waals surface area contributed by atoms with Crippen molar-refractivity contribution in [1.29, 1.82) is 0 Å². The van der Waals surface area contributed by atoms with Crippen LogP contribution >= 0.6 is 0 Å². The van der Waals surface area contributed by atoms with E-state index in [0.717, 1.165) is 13.0 Å². The molecule has 1 aromatic heterocycles. The van der Waals surface area contributed by atoms with Crippen molar-refractivity contribution in [2.75, 3.05) is 6.54 Å². The predicted molar refractivity (Wildman–Crippen MR) is 57.0 cm³/mol. The van der Waals surface area contributed by atoms with Crippen LogP contribution in [0.4, 0.5) is 0 Å². The molecule has 82 valence electrons. The van der Waals surface area contributed by atoms with Crippen molar-refractivity contribution in [3.8, 4) is 0 Å². The molecule has 15 heavy (non-hydrogen) atoms.